The Morgan fingerprint density at radius 2 is 1.69 bits per heavy atom. The van der Waals surface area contributed by atoms with E-state index in [1.165, 1.54) is 24.9 Å². The van der Waals surface area contributed by atoms with E-state index >= 15 is 0 Å². The number of nitrogens with zero attached hydrogens (tertiary/aromatic N) is 1. The maximum atomic E-state index is 13.2. The van der Waals surface area contributed by atoms with Crippen LogP contribution in [0.25, 0.3) is 0 Å². The average Bonchev–Trinajstić information content (AvgIpc) is 2.62. The van der Waals surface area contributed by atoms with Crippen LogP contribution in [0.1, 0.15) is 45.4 Å². The molecule has 4 aliphatic carbocycles. The minimum Gasteiger partial charge on any atom is -0.377 e. The summed E-state index contributed by atoms with van der Waals surface area (Å²) in [5, 5.41) is 3.26. The second-order valence-corrected chi connectivity index (χ2v) is 9.32. The molecule has 140 valence electrons. The third-order valence-electron chi connectivity index (χ3n) is 7.34. The highest BCUT2D eigenvalue weighted by Crippen LogP contribution is 2.60. The van der Waals surface area contributed by atoms with E-state index in [0.29, 0.717) is 6.04 Å². The zero-order valence-electron chi connectivity index (χ0n) is 15.7. The van der Waals surface area contributed by atoms with Gasteiger partial charge in [0, 0.05) is 24.0 Å². The number of anilines is 2. The number of hydrogen-bond acceptors (Lipinski definition) is 3. The fourth-order valence-corrected chi connectivity index (χ4v) is 6.50. The van der Waals surface area contributed by atoms with Crippen LogP contribution in [0.15, 0.2) is 24.3 Å². The van der Waals surface area contributed by atoms with Gasteiger partial charge in [0.1, 0.15) is 0 Å². The highest BCUT2D eigenvalue weighted by Gasteiger charge is 2.54. The Kier molecular flexibility index (Phi) is 4.00. The summed E-state index contributed by atoms with van der Waals surface area (Å²) >= 11 is 0. The molecule has 4 bridgehead atoms. The van der Waals surface area contributed by atoms with Crippen LogP contribution in [0, 0.1) is 23.2 Å². The summed E-state index contributed by atoms with van der Waals surface area (Å²) in [5.74, 6) is 2.69. The van der Waals surface area contributed by atoms with E-state index in [4.69, 9.17) is 4.74 Å². The molecule has 1 aromatic rings. The Hall–Kier alpha value is -1.55. The summed E-state index contributed by atoms with van der Waals surface area (Å²) in [6.07, 6.45) is 7.48. The van der Waals surface area contributed by atoms with Crippen LogP contribution < -0.4 is 10.2 Å². The van der Waals surface area contributed by atoms with Gasteiger partial charge in [-0.25, -0.2) is 0 Å². The minimum absolute atomic E-state index is 0.0772. The molecule has 1 amide bonds. The first-order chi connectivity index (χ1) is 12.6. The fraction of sp³-hybridized carbons (Fsp3) is 0.682. The topological polar surface area (TPSA) is 41.6 Å². The van der Waals surface area contributed by atoms with Crippen molar-refractivity contribution in [1.82, 2.24) is 0 Å². The Morgan fingerprint density at radius 1 is 1.08 bits per heavy atom. The van der Waals surface area contributed by atoms with Gasteiger partial charge in [0.05, 0.1) is 18.6 Å². The van der Waals surface area contributed by atoms with Crippen LogP contribution in [0.3, 0.4) is 0 Å². The lowest BCUT2D eigenvalue weighted by atomic mass is 9.49. The Bertz CT molecular complexity index is 649. The van der Waals surface area contributed by atoms with E-state index in [-0.39, 0.29) is 11.3 Å². The molecule has 5 aliphatic rings. The number of benzene rings is 1. The molecule has 1 heterocycles. The van der Waals surface area contributed by atoms with Gasteiger partial charge in [-0.1, -0.05) is 0 Å². The lowest BCUT2D eigenvalue weighted by molar-refractivity contribution is -0.140. The van der Waals surface area contributed by atoms with Gasteiger partial charge in [0.15, 0.2) is 0 Å². The number of amides is 1. The van der Waals surface area contributed by atoms with E-state index in [9.17, 15) is 4.79 Å². The number of rotatable bonds is 3. The standard InChI is InChI=1S/C22H30N2O2/c1-15-14-26-7-6-24(15)20-4-2-19(3-5-20)23-21(25)22-11-16-8-17(12-22)10-18(9-16)13-22/h2-5,15-18H,6-14H2,1H3,(H,23,25). The zero-order valence-corrected chi connectivity index (χ0v) is 15.7. The molecule has 4 heteroatoms. The van der Waals surface area contributed by atoms with Crippen LogP contribution in [0.2, 0.25) is 0 Å². The van der Waals surface area contributed by atoms with Crippen LogP contribution in [-0.2, 0) is 9.53 Å². The van der Waals surface area contributed by atoms with Gasteiger partial charge in [-0.2, -0.15) is 0 Å². The van der Waals surface area contributed by atoms with Crippen LogP contribution >= 0.6 is 0 Å². The van der Waals surface area contributed by atoms with Crippen molar-refractivity contribution in [1.29, 1.82) is 0 Å². The summed E-state index contributed by atoms with van der Waals surface area (Å²) < 4.78 is 5.53. The van der Waals surface area contributed by atoms with Gasteiger partial charge >= 0.3 is 0 Å². The molecule has 5 fully saturated rings. The van der Waals surface area contributed by atoms with Gasteiger partial charge < -0.3 is 15.0 Å². The molecule has 4 nitrogen and oxygen atoms in total. The van der Waals surface area contributed by atoms with Crippen molar-refractivity contribution in [3.63, 3.8) is 0 Å². The first kappa shape index (κ1) is 16.6. The Balaban J connectivity index is 1.28. The number of ether oxygens (including phenoxy) is 1. The Morgan fingerprint density at radius 3 is 2.27 bits per heavy atom. The highest BCUT2D eigenvalue weighted by atomic mass is 16.5. The molecular formula is C22H30N2O2. The maximum absolute atomic E-state index is 13.2. The molecule has 1 atom stereocenters. The van der Waals surface area contributed by atoms with Crippen molar-refractivity contribution >= 4 is 17.3 Å². The molecule has 6 rings (SSSR count). The number of morpholine rings is 1. The number of hydrogen-bond donors (Lipinski definition) is 1. The van der Waals surface area contributed by atoms with Crippen LogP contribution in [-0.4, -0.2) is 31.7 Å². The smallest absolute Gasteiger partial charge is 0.230 e. The molecule has 1 saturated heterocycles. The largest absolute Gasteiger partial charge is 0.377 e. The van der Waals surface area contributed by atoms with Gasteiger partial charge in [-0.15, -0.1) is 0 Å². The van der Waals surface area contributed by atoms with E-state index in [1.54, 1.807) is 0 Å². The van der Waals surface area contributed by atoms with Gasteiger partial charge in [0.2, 0.25) is 5.91 Å². The van der Waals surface area contributed by atoms with E-state index < -0.39 is 0 Å². The van der Waals surface area contributed by atoms with E-state index in [0.717, 1.165) is 62.5 Å². The third-order valence-corrected chi connectivity index (χ3v) is 7.34. The number of nitrogens with one attached hydrogen (secondary N) is 1. The van der Waals surface area contributed by atoms with Crippen molar-refractivity contribution in [2.24, 2.45) is 23.2 Å². The molecular weight excluding hydrogens is 324 g/mol. The normalized spacial score (nSPS) is 38.4. The molecule has 1 aliphatic heterocycles. The molecule has 1 aromatic carbocycles. The highest BCUT2D eigenvalue weighted by molar-refractivity contribution is 5.95. The van der Waals surface area contributed by atoms with Gasteiger partial charge in [-0.3, -0.25) is 4.79 Å². The van der Waals surface area contributed by atoms with Crippen molar-refractivity contribution in [2.75, 3.05) is 30.0 Å². The summed E-state index contributed by atoms with van der Waals surface area (Å²) in [5.41, 5.74) is 2.08. The molecule has 4 saturated carbocycles. The summed E-state index contributed by atoms with van der Waals surface area (Å²) in [6.45, 7) is 4.70. The Labute approximate surface area is 156 Å². The fourth-order valence-electron chi connectivity index (χ4n) is 6.50. The van der Waals surface area contributed by atoms with Crippen molar-refractivity contribution in [3.8, 4) is 0 Å². The van der Waals surface area contributed by atoms with Crippen molar-refractivity contribution in [3.05, 3.63) is 24.3 Å². The first-order valence-electron chi connectivity index (χ1n) is 10.4. The molecule has 1 unspecified atom stereocenters. The second-order valence-electron chi connectivity index (χ2n) is 9.32. The maximum Gasteiger partial charge on any atom is 0.230 e. The molecule has 0 spiro atoms. The van der Waals surface area contributed by atoms with Crippen molar-refractivity contribution in [2.45, 2.75) is 51.5 Å². The summed E-state index contributed by atoms with van der Waals surface area (Å²) in [7, 11) is 0. The second kappa shape index (κ2) is 6.26. The predicted molar refractivity (Wildman–Crippen MR) is 103 cm³/mol. The summed E-state index contributed by atoms with van der Waals surface area (Å²) in [6, 6.07) is 8.80. The van der Waals surface area contributed by atoms with Crippen LogP contribution in [0.4, 0.5) is 11.4 Å². The third kappa shape index (κ3) is 2.83. The van der Waals surface area contributed by atoms with E-state index in [2.05, 4.69) is 41.4 Å². The lowest BCUT2D eigenvalue weighted by Gasteiger charge is -2.55. The molecule has 1 N–H and O–H groups in total. The zero-order chi connectivity index (χ0) is 17.7. The lowest BCUT2D eigenvalue weighted by Crippen LogP contribution is -2.51. The van der Waals surface area contributed by atoms with Gasteiger partial charge in [0.25, 0.3) is 0 Å². The number of carbonyl (C=O) groups is 1. The minimum atomic E-state index is -0.0772. The number of carbonyl (C=O) groups excluding carboxylic acids is 1. The first-order valence-corrected chi connectivity index (χ1v) is 10.4. The van der Waals surface area contributed by atoms with E-state index in [1.807, 2.05) is 0 Å². The SMILES string of the molecule is CC1COCCN1c1ccc(NC(=O)C23CC4CC(CC(C4)C2)C3)cc1. The summed E-state index contributed by atoms with van der Waals surface area (Å²) in [4.78, 5) is 15.5. The molecule has 26 heavy (non-hydrogen) atoms. The molecule has 0 aromatic heterocycles. The predicted octanol–water partition coefficient (Wildman–Crippen LogP) is 4.07. The quantitative estimate of drug-likeness (QED) is 0.890. The average molecular weight is 354 g/mol. The van der Waals surface area contributed by atoms with Crippen LogP contribution in [0.5, 0.6) is 0 Å². The van der Waals surface area contributed by atoms with Gasteiger partial charge in [-0.05, 0) is 87.5 Å². The molecule has 0 radical (unpaired) electrons. The monoisotopic (exact) mass is 354 g/mol. The van der Waals surface area contributed by atoms with Crippen molar-refractivity contribution < 1.29 is 9.53 Å².